The van der Waals surface area contributed by atoms with Crippen molar-refractivity contribution in [1.82, 2.24) is 4.98 Å². The number of aromatic nitrogens is 1. The molecule has 1 aromatic heterocycles. The smallest absolute Gasteiger partial charge is 0.341 e. The molecule has 0 fully saturated rings. The summed E-state index contributed by atoms with van der Waals surface area (Å²) in [6.07, 6.45) is 1.40. The van der Waals surface area contributed by atoms with Gasteiger partial charge in [0.15, 0.2) is 0 Å². The van der Waals surface area contributed by atoms with E-state index in [9.17, 15) is 9.59 Å². The number of hydrogen-bond acceptors (Lipinski definition) is 4. The number of pyridine rings is 1. The molecule has 2 N–H and O–H groups in total. The maximum atomic E-state index is 11.7. The topological polar surface area (TPSA) is 82.3 Å². The molecule has 5 heteroatoms. The lowest BCUT2D eigenvalue weighted by molar-refractivity contribution is 0.00671. The summed E-state index contributed by atoms with van der Waals surface area (Å²) in [6.45, 7) is 5.22. The van der Waals surface area contributed by atoms with Gasteiger partial charge in [0.25, 0.3) is 5.91 Å². The summed E-state index contributed by atoms with van der Waals surface area (Å²) in [5, 5.41) is 0. The summed E-state index contributed by atoms with van der Waals surface area (Å²) in [5.41, 5.74) is 4.50. The molecule has 86 valence electrons. The molecule has 0 unspecified atom stereocenters. The number of nitrogens with two attached hydrogens (primary N) is 1. The van der Waals surface area contributed by atoms with E-state index in [1.165, 1.54) is 12.3 Å². The minimum absolute atomic E-state index is 0.0725. The van der Waals surface area contributed by atoms with E-state index < -0.39 is 17.5 Å². The highest BCUT2D eigenvalue weighted by atomic mass is 16.6. The molecule has 1 rings (SSSR count). The van der Waals surface area contributed by atoms with Crippen molar-refractivity contribution in [3.63, 3.8) is 0 Å². The van der Waals surface area contributed by atoms with Crippen LogP contribution in [-0.2, 0) is 4.74 Å². The molecule has 0 aliphatic rings. The standard InChI is InChI=1S/C11H14N2O3/c1-11(2,3)16-10(15)7-5-4-6-13-8(7)9(12)14/h4-6H,1-3H3,(H2,12,14). The van der Waals surface area contributed by atoms with Crippen molar-refractivity contribution >= 4 is 11.9 Å². The van der Waals surface area contributed by atoms with E-state index in [0.29, 0.717) is 0 Å². The molecule has 1 heterocycles. The zero-order valence-corrected chi connectivity index (χ0v) is 9.48. The van der Waals surface area contributed by atoms with E-state index in [-0.39, 0.29) is 11.3 Å². The highest BCUT2D eigenvalue weighted by Crippen LogP contribution is 2.13. The Balaban J connectivity index is 3.04. The van der Waals surface area contributed by atoms with Crippen LogP contribution in [0.15, 0.2) is 18.3 Å². The first-order valence-corrected chi connectivity index (χ1v) is 4.79. The number of primary amides is 1. The molecule has 0 aromatic carbocycles. The van der Waals surface area contributed by atoms with Gasteiger partial charge < -0.3 is 10.5 Å². The van der Waals surface area contributed by atoms with Crippen molar-refractivity contribution in [2.75, 3.05) is 0 Å². The van der Waals surface area contributed by atoms with Gasteiger partial charge in [-0.15, -0.1) is 0 Å². The van der Waals surface area contributed by atoms with Crippen LogP contribution >= 0.6 is 0 Å². The monoisotopic (exact) mass is 222 g/mol. The van der Waals surface area contributed by atoms with E-state index in [1.54, 1.807) is 26.8 Å². The molecule has 0 aliphatic carbocycles. The van der Waals surface area contributed by atoms with Crippen LogP contribution in [0.5, 0.6) is 0 Å². The minimum atomic E-state index is -0.749. The zero-order chi connectivity index (χ0) is 12.3. The van der Waals surface area contributed by atoms with Crippen molar-refractivity contribution in [2.45, 2.75) is 26.4 Å². The van der Waals surface area contributed by atoms with E-state index in [4.69, 9.17) is 10.5 Å². The number of esters is 1. The molecule has 0 spiro atoms. The lowest BCUT2D eigenvalue weighted by Gasteiger charge is -2.19. The fourth-order valence-electron chi connectivity index (χ4n) is 1.10. The van der Waals surface area contributed by atoms with E-state index in [2.05, 4.69) is 4.98 Å². The predicted octanol–water partition coefficient (Wildman–Crippen LogP) is 1.14. The Hall–Kier alpha value is -1.91. The zero-order valence-electron chi connectivity index (χ0n) is 9.48. The maximum Gasteiger partial charge on any atom is 0.341 e. The third kappa shape index (κ3) is 3.05. The Labute approximate surface area is 93.6 Å². The van der Waals surface area contributed by atoms with Crippen molar-refractivity contribution in [1.29, 1.82) is 0 Å². The molecule has 5 nitrogen and oxygen atoms in total. The van der Waals surface area contributed by atoms with E-state index >= 15 is 0 Å². The van der Waals surface area contributed by atoms with Gasteiger partial charge in [-0.05, 0) is 32.9 Å². The fourth-order valence-corrected chi connectivity index (χ4v) is 1.10. The number of amides is 1. The normalized spacial score (nSPS) is 10.9. The first kappa shape index (κ1) is 12.2. The lowest BCUT2D eigenvalue weighted by atomic mass is 10.1. The molecule has 0 saturated heterocycles. The predicted molar refractivity (Wildman–Crippen MR) is 57.9 cm³/mol. The summed E-state index contributed by atoms with van der Waals surface area (Å²) < 4.78 is 5.13. The molecule has 1 aromatic rings. The molecule has 0 radical (unpaired) electrons. The Morgan fingerprint density at radius 2 is 2.00 bits per heavy atom. The van der Waals surface area contributed by atoms with Gasteiger partial charge in [-0.1, -0.05) is 0 Å². The SMILES string of the molecule is CC(C)(C)OC(=O)c1cccnc1C(N)=O. The highest BCUT2D eigenvalue weighted by Gasteiger charge is 2.22. The van der Waals surface area contributed by atoms with Crippen molar-refractivity contribution < 1.29 is 14.3 Å². The van der Waals surface area contributed by atoms with Crippen molar-refractivity contribution in [3.8, 4) is 0 Å². The van der Waals surface area contributed by atoms with Crippen LogP contribution in [0.1, 0.15) is 41.6 Å². The van der Waals surface area contributed by atoms with Crippen LogP contribution in [0.3, 0.4) is 0 Å². The molecule has 1 amide bonds. The van der Waals surface area contributed by atoms with Gasteiger partial charge in [-0.25, -0.2) is 4.79 Å². The Morgan fingerprint density at radius 1 is 1.38 bits per heavy atom. The number of carbonyl (C=O) groups excluding carboxylic acids is 2. The van der Waals surface area contributed by atoms with E-state index in [0.717, 1.165) is 0 Å². The van der Waals surface area contributed by atoms with Gasteiger partial charge in [0.2, 0.25) is 0 Å². The lowest BCUT2D eigenvalue weighted by Crippen LogP contribution is -2.26. The minimum Gasteiger partial charge on any atom is -0.456 e. The Bertz CT molecular complexity index is 421. The number of rotatable bonds is 2. The second kappa shape index (κ2) is 4.30. The molecule has 0 bridgehead atoms. The van der Waals surface area contributed by atoms with Gasteiger partial charge >= 0.3 is 5.97 Å². The Kier molecular flexibility index (Phi) is 3.27. The van der Waals surface area contributed by atoms with Crippen molar-refractivity contribution in [2.24, 2.45) is 5.73 Å². The molecular weight excluding hydrogens is 208 g/mol. The number of carbonyl (C=O) groups is 2. The fraction of sp³-hybridized carbons (Fsp3) is 0.364. The molecule has 0 aliphatic heterocycles. The number of hydrogen-bond donors (Lipinski definition) is 1. The average Bonchev–Trinajstić information content (AvgIpc) is 2.15. The molecule has 0 atom stereocenters. The van der Waals surface area contributed by atoms with Crippen molar-refractivity contribution in [3.05, 3.63) is 29.6 Å². The summed E-state index contributed by atoms with van der Waals surface area (Å²) in [5.74, 6) is -1.35. The highest BCUT2D eigenvalue weighted by molar-refractivity contribution is 6.03. The largest absolute Gasteiger partial charge is 0.456 e. The van der Waals surface area contributed by atoms with Crippen LogP contribution < -0.4 is 5.73 Å². The maximum absolute atomic E-state index is 11.7. The van der Waals surface area contributed by atoms with Gasteiger partial charge in [-0.2, -0.15) is 0 Å². The first-order chi connectivity index (χ1) is 7.31. The second-order valence-corrected chi connectivity index (χ2v) is 4.27. The van der Waals surface area contributed by atoms with Crippen LogP contribution in [0.4, 0.5) is 0 Å². The summed E-state index contributed by atoms with van der Waals surface area (Å²) in [4.78, 5) is 26.5. The molecule has 0 saturated carbocycles. The summed E-state index contributed by atoms with van der Waals surface area (Å²) >= 11 is 0. The quantitative estimate of drug-likeness (QED) is 0.760. The van der Waals surface area contributed by atoms with Crippen LogP contribution in [0, 0.1) is 0 Å². The third-order valence-corrected chi connectivity index (χ3v) is 1.66. The molecule has 16 heavy (non-hydrogen) atoms. The average molecular weight is 222 g/mol. The van der Waals surface area contributed by atoms with Crippen LogP contribution in [0.25, 0.3) is 0 Å². The number of nitrogens with zero attached hydrogens (tertiary/aromatic N) is 1. The number of ether oxygens (including phenoxy) is 1. The van der Waals surface area contributed by atoms with Gasteiger partial charge in [0.05, 0.1) is 5.56 Å². The van der Waals surface area contributed by atoms with Gasteiger partial charge in [0, 0.05) is 6.20 Å². The molecular formula is C11H14N2O3. The first-order valence-electron chi connectivity index (χ1n) is 4.79. The summed E-state index contributed by atoms with van der Waals surface area (Å²) in [6, 6.07) is 3.01. The van der Waals surface area contributed by atoms with E-state index in [1.807, 2.05) is 0 Å². The van der Waals surface area contributed by atoms with Crippen LogP contribution in [-0.4, -0.2) is 22.5 Å². The van der Waals surface area contributed by atoms with Crippen LogP contribution in [0.2, 0.25) is 0 Å². The Morgan fingerprint density at radius 3 is 2.50 bits per heavy atom. The third-order valence-electron chi connectivity index (χ3n) is 1.66. The van der Waals surface area contributed by atoms with Gasteiger partial charge in [0.1, 0.15) is 11.3 Å². The van der Waals surface area contributed by atoms with Gasteiger partial charge in [-0.3, -0.25) is 9.78 Å². The second-order valence-electron chi connectivity index (χ2n) is 4.27. The summed E-state index contributed by atoms with van der Waals surface area (Å²) in [7, 11) is 0.